The van der Waals surface area contributed by atoms with Gasteiger partial charge in [0.15, 0.2) is 0 Å². The van der Waals surface area contributed by atoms with Gasteiger partial charge < -0.3 is 9.30 Å². The summed E-state index contributed by atoms with van der Waals surface area (Å²) in [5.41, 5.74) is 2.55. The van der Waals surface area contributed by atoms with Gasteiger partial charge in [0.05, 0.1) is 0 Å². The van der Waals surface area contributed by atoms with Crippen LogP contribution in [0, 0.1) is 6.92 Å². The molecule has 1 saturated heterocycles. The second-order valence-corrected chi connectivity index (χ2v) is 5.94. The maximum atomic E-state index is 12.7. The molecule has 1 aliphatic heterocycles. The molecule has 2 unspecified atom stereocenters. The van der Waals surface area contributed by atoms with Gasteiger partial charge in [-0.05, 0) is 57.7 Å². The van der Waals surface area contributed by atoms with Crippen molar-refractivity contribution in [2.75, 3.05) is 0 Å². The number of hydrogen-bond donors (Lipinski definition) is 0. The first-order valence-electron chi connectivity index (χ1n) is 7.34. The zero-order valence-electron chi connectivity index (χ0n) is 12.3. The van der Waals surface area contributed by atoms with Gasteiger partial charge in [0.2, 0.25) is 0 Å². The van der Waals surface area contributed by atoms with E-state index >= 15 is 0 Å². The number of hydrogen-bond acceptors (Lipinski definition) is 2. The first-order valence-corrected chi connectivity index (χ1v) is 7.34. The van der Waals surface area contributed by atoms with Gasteiger partial charge in [0.1, 0.15) is 11.3 Å². The lowest BCUT2D eigenvalue weighted by Gasteiger charge is -2.38. The Bertz CT molecular complexity index is 636. The molecular formula is C16H21N3O. The van der Waals surface area contributed by atoms with Gasteiger partial charge in [0.25, 0.3) is 5.91 Å². The van der Waals surface area contributed by atoms with E-state index in [1.54, 1.807) is 0 Å². The summed E-state index contributed by atoms with van der Waals surface area (Å²) in [6.07, 6.45) is 7.17. The Morgan fingerprint density at radius 1 is 1.30 bits per heavy atom. The molecule has 2 aromatic heterocycles. The zero-order chi connectivity index (χ0) is 14.3. The average molecular weight is 271 g/mol. The highest BCUT2D eigenvalue weighted by Gasteiger charge is 2.30. The normalized spacial score (nSPS) is 23.2. The van der Waals surface area contributed by atoms with Gasteiger partial charge in [-0.3, -0.25) is 4.79 Å². The Kier molecular flexibility index (Phi) is 3.24. The smallest absolute Gasteiger partial charge is 0.274 e. The van der Waals surface area contributed by atoms with Crippen LogP contribution >= 0.6 is 0 Å². The van der Waals surface area contributed by atoms with Crippen molar-refractivity contribution in [2.45, 2.75) is 52.1 Å². The van der Waals surface area contributed by atoms with Crippen LogP contribution in [0.5, 0.6) is 0 Å². The summed E-state index contributed by atoms with van der Waals surface area (Å²) in [7, 11) is 0. The van der Waals surface area contributed by atoms with Gasteiger partial charge in [-0.15, -0.1) is 0 Å². The van der Waals surface area contributed by atoms with E-state index in [0.29, 0.717) is 17.8 Å². The van der Waals surface area contributed by atoms with Gasteiger partial charge in [-0.2, -0.15) is 0 Å². The SMILES string of the molecule is Cc1ccn2cc(C(=O)N3C(C)CCCC3C)nc2c1. The predicted octanol–water partition coefficient (Wildman–Crippen LogP) is 3.05. The second kappa shape index (κ2) is 4.93. The van der Waals surface area contributed by atoms with Crippen molar-refractivity contribution in [1.82, 2.24) is 14.3 Å². The van der Waals surface area contributed by atoms with E-state index in [9.17, 15) is 4.79 Å². The van der Waals surface area contributed by atoms with Crippen LogP contribution in [0.4, 0.5) is 0 Å². The predicted molar refractivity (Wildman–Crippen MR) is 78.9 cm³/mol. The summed E-state index contributed by atoms with van der Waals surface area (Å²) < 4.78 is 1.92. The number of piperidine rings is 1. The molecule has 2 aromatic rings. The van der Waals surface area contributed by atoms with Crippen LogP contribution in [0.2, 0.25) is 0 Å². The van der Waals surface area contributed by atoms with Gasteiger partial charge in [0, 0.05) is 24.5 Å². The van der Waals surface area contributed by atoms with Crippen molar-refractivity contribution in [3.05, 3.63) is 35.8 Å². The number of carbonyl (C=O) groups is 1. The molecule has 0 bridgehead atoms. The first kappa shape index (κ1) is 13.2. The summed E-state index contributed by atoms with van der Waals surface area (Å²) in [5.74, 6) is 0.0612. The number of fused-ring (bicyclic) bond motifs is 1. The monoisotopic (exact) mass is 271 g/mol. The molecule has 2 atom stereocenters. The highest BCUT2D eigenvalue weighted by atomic mass is 16.2. The van der Waals surface area contributed by atoms with Gasteiger partial charge >= 0.3 is 0 Å². The Balaban J connectivity index is 1.95. The minimum absolute atomic E-state index is 0.0612. The molecule has 1 aliphatic rings. The van der Waals surface area contributed by atoms with Crippen molar-refractivity contribution in [3.63, 3.8) is 0 Å². The molecule has 4 heteroatoms. The number of nitrogens with zero attached hydrogens (tertiary/aromatic N) is 3. The third kappa shape index (κ3) is 2.19. The standard InChI is InChI=1S/C16H21N3O/c1-11-7-8-18-10-14(17-15(18)9-11)16(20)19-12(2)5-4-6-13(19)3/h7-10,12-13H,4-6H2,1-3H3. The molecule has 1 amide bonds. The Hall–Kier alpha value is -1.84. The Labute approximate surface area is 119 Å². The molecule has 0 aliphatic carbocycles. The largest absolute Gasteiger partial charge is 0.332 e. The highest BCUT2D eigenvalue weighted by Crippen LogP contribution is 2.24. The number of rotatable bonds is 1. The number of imidazole rings is 1. The van der Waals surface area contributed by atoms with E-state index in [-0.39, 0.29) is 5.91 Å². The van der Waals surface area contributed by atoms with Crippen LogP contribution in [0.15, 0.2) is 24.5 Å². The van der Waals surface area contributed by atoms with E-state index in [4.69, 9.17) is 0 Å². The summed E-state index contributed by atoms with van der Waals surface area (Å²) in [4.78, 5) is 19.2. The van der Waals surface area contributed by atoms with Crippen molar-refractivity contribution >= 4 is 11.6 Å². The minimum Gasteiger partial charge on any atom is -0.332 e. The van der Waals surface area contributed by atoms with E-state index in [1.807, 2.05) is 40.8 Å². The van der Waals surface area contributed by atoms with E-state index in [0.717, 1.165) is 24.1 Å². The topological polar surface area (TPSA) is 37.6 Å². The molecule has 20 heavy (non-hydrogen) atoms. The number of pyridine rings is 1. The molecule has 106 valence electrons. The molecule has 3 heterocycles. The van der Waals surface area contributed by atoms with Crippen LogP contribution in [0.25, 0.3) is 5.65 Å². The van der Waals surface area contributed by atoms with Crippen LogP contribution < -0.4 is 0 Å². The molecule has 0 N–H and O–H groups in total. The second-order valence-electron chi connectivity index (χ2n) is 5.94. The summed E-state index contributed by atoms with van der Waals surface area (Å²) in [6.45, 7) is 6.30. The summed E-state index contributed by atoms with van der Waals surface area (Å²) >= 11 is 0. The summed E-state index contributed by atoms with van der Waals surface area (Å²) in [6, 6.07) is 4.63. The van der Waals surface area contributed by atoms with Crippen LogP contribution in [0.3, 0.4) is 0 Å². The lowest BCUT2D eigenvalue weighted by atomic mass is 9.97. The molecule has 4 nitrogen and oxygen atoms in total. The van der Waals surface area contributed by atoms with Crippen LogP contribution in [0.1, 0.15) is 49.2 Å². The fourth-order valence-electron chi connectivity index (χ4n) is 3.14. The molecule has 0 radical (unpaired) electrons. The van der Waals surface area contributed by atoms with Crippen molar-refractivity contribution in [1.29, 1.82) is 0 Å². The highest BCUT2D eigenvalue weighted by molar-refractivity contribution is 5.93. The number of carbonyl (C=O) groups excluding carboxylic acids is 1. The minimum atomic E-state index is 0.0612. The molecular weight excluding hydrogens is 250 g/mol. The zero-order valence-corrected chi connectivity index (χ0v) is 12.3. The molecule has 0 aromatic carbocycles. The third-order valence-corrected chi connectivity index (χ3v) is 4.26. The van der Waals surface area contributed by atoms with E-state index in [1.165, 1.54) is 6.42 Å². The lowest BCUT2D eigenvalue weighted by molar-refractivity contribution is 0.0505. The molecule has 1 fully saturated rings. The number of amides is 1. The molecule has 3 rings (SSSR count). The summed E-state index contributed by atoms with van der Waals surface area (Å²) in [5, 5.41) is 0. The van der Waals surface area contributed by atoms with Crippen molar-refractivity contribution in [3.8, 4) is 0 Å². The maximum absolute atomic E-state index is 12.7. The number of aryl methyl sites for hydroxylation is 1. The average Bonchev–Trinajstić information content (AvgIpc) is 2.81. The van der Waals surface area contributed by atoms with Gasteiger partial charge in [-0.25, -0.2) is 4.98 Å². The molecule has 0 saturated carbocycles. The molecule has 0 spiro atoms. The van der Waals surface area contributed by atoms with E-state index < -0.39 is 0 Å². The fraction of sp³-hybridized carbons (Fsp3) is 0.500. The first-order chi connectivity index (χ1) is 9.56. The lowest BCUT2D eigenvalue weighted by Crippen LogP contribution is -2.47. The number of likely N-dealkylation sites (tertiary alicyclic amines) is 1. The van der Waals surface area contributed by atoms with E-state index in [2.05, 4.69) is 18.8 Å². The van der Waals surface area contributed by atoms with Crippen LogP contribution in [-0.2, 0) is 0 Å². The van der Waals surface area contributed by atoms with Crippen molar-refractivity contribution < 1.29 is 4.79 Å². The quantitative estimate of drug-likeness (QED) is 0.799. The Morgan fingerprint density at radius 2 is 2.00 bits per heavy atom. The van der Waals surface area contributed by atoms with Crippen molar-refractivity contribution in [2.24, 2.45) is 0 Å². The maximum Gasteiger partial charge on any atom is 0.274 e. The van der Waals surface area contributed by atoms with Crippen LogP contribution in [-0.4, -0.2) is 32.3 Å². The third-order valence-electron chi connectivity index (χ3n) is 4.26. The Morgan fingerprint density at radius 3 is 2.70 bits per heavy atom. The fourth-order valence-corrected chi connectivity index (χ4v) is 3.14. The van der Waals surface area contributed by atoms with Gasteiger partial charge in [-0.1, -0.05) is 0 Å². The number of aromatic nitrogens is 2.